The van der Waals surface area contributed by atoms with Crippen LogP contribution in [0.2, 0.25) is 0 Å². The SMILES string of the molecule is Cc1ncnc(NCCCCCO)c1F. The lowest BCUT2D eigenvalue weighted by molar-refractivity contribution is 0.283. The van der Waals surface area contributed by atoms with Crippen LogP contribution in [0.3, 0.4) is 0 Å². The second-order valence-corrected chi connectivity index (χ2v) is 3.33. The average Bonchev–Trinajstić information content (AvgIpc) is 2.24. The molecule has 0 amide bonds. The van der Waals surface area contributed by atoms with Gasteiger partial charge in [0.1, 0.15) is 6.33 Å². The zero-order valence-electron chi connectivity index (χ0n) is 8.83. The van der Waals surface area contributed by atoms with Gasteiger partial charge in [-0.1, -0.05) is 0 Å². The van der Waals surface area contributed by atoms with Crippen LogP contribution in [0.5, 0.6) is 0 Å². The van der Waals surface area contributed by atoms with Crippen molar-refractivity contribution < 1.29 is 9.50 Å². The Morgan fingerprint density at radius 3 is 2.87 bits per heavy atom. The van der Waals surface area contributed by atoms with Gasteiger partial charge in [0.15, 0.2) is 11.6 Å². The van der Waals surface area contributed by atoms with Crippen molar-refractivity contribution in [3.05, 3.63) is 17.8 Å². The van der Waals surface area contributed by atoms with Crippen LogP contribution in [0, 0.1) is 12.7 Å². The van der Waals surface area contributed by atoms with E-state index in [0.29, 0.717) is 12.2 Å². The molecule has 0 aliphatic carbocycles. The molecule has 0 atom stereocenters. The molecule has 0 spiro atoms. The van der Waals surface area contributed by atoms with Crippen LogP contribution in [0.15, 0.2) is 6.33 Å². The highest BCUT2D eigenvalue weighted by Crippen LogP contribution is 2.11. The third kappa shape index (κ3) is 3.79. The molecule has 0 unspecified atom stereocenters. The van der Waals surface area contributed by atoms with Crippen molar-refractivity contribution in [3.8, 4) is 0 Å². The van der Waals surface area contributed by atoms with E-state index in [1.54, 1.807) is 6.92 Å². The molecule has 1 rings (SSSR count). The van der Waals surface area contributed by atoms with Gasteiger partial charge in [-0.25, -0.2) is 14.4 Å². The van der Waals surface area contributed by atoms with Crippen molar-refractivity contribution in [2.24, 2.45) is 0 Å². The van der Waals surface area contributed by atoms with Crippen molar-refractivity contribution in [2.75, 3.05) is 18.5 Å². The average molecular weight is 213 g/mol. The predicted molar refractivity (Wildman–Crippen MR) is 56.2 cm³/mol. The first kappa shape index (κ1) is 11.8. The maximum atomic E-state index is 13.3. The molecular formula is C10H16FN3O. The summed E-state index contributed by atoms with van der Waals surface area (Å²) >= 11 is 0. The van der Waals surface area contributed by atoms with Gasteiger partial charge in [-0.2, -0.15) is 0 Å². The third-order valence-corrected chi connectivity index (χ3v) is 2.09. The largest absolute Gasteiger partial charge is 0.396 e. The number of aliphatic hydroxyl groups excluding tert-OH is 1. The van der Waals surface area contributed by atoms with Crippen LogP contribution in [-0.4, -0.2) is 28.2 Å². The topological polar surface area (TPSA) is 58.0 Å². The molecule has 0 aliphatic rings. The van der Waals surface area contributed by atoms with Crippen LogP contribution in [0.1, 0.15) is 25.0 Å². The number of aryl methyl sites for hydroxylation is 1. The number of unbranched alkanes of at least 4 members (excludes halogenated alkanes) is 2. The Bertz CT molecular complexity index is 307. The summed E-state index contributed by atoms with van der Waals surface area (Å²) in [6, 6.07) is 0. The zero-order valence-corrected chi connectivity index (χ0v) is 8.83. The molecule has 0 aromatic carbocycles. The first-order valence-corrected chi connectivity index (χ1v) is 5.07. The van der Waals surface area contributed by atoms with Gasteiger partial charge in [0, 0.05) is 13.2 Å². The Balaban J connectivity index is 2.34. The highest BCUT2D eigenvalue weighted by Gasteiger charge is 2.05. The first-order valence-electron chi connectivity index (χ1n) is 5.07. The molecule has 0 radical (unpaired) electrons. The lowest BCUT2D eigenvalue weighted by Crippen LogP contribution is -2.07. The van der Waals surface area contributed by atoms with Gasteiger partial charge in [0.05, 0.1) is 5.69 Å². The van der Waals surface area contributed by atoms with E-state index in [9.17, 15) is 4.39 Å². The number of nitrogens with one attached hydrogen (secondary N) is 1. The fourth-order valence-electron chi connectivity index (χ4n) is 1.20. The maximum Gasteiger partial charge on any atom is 0.186 e. The predicted octanol–water partition coefficient (Wildman–Crippen LogP) is 1.50. The van der Waals surface area contributed by atoms with Crippen molar-refractivity contribution in [1.82, 2.24) is 9.97 Å². The molecule has 1 heterocycles. The second kappa shape index (κ2) is 6.29. The molecule has 0 saturated heterocycles. The summed E-state index contributed by atoms with van der Waals surface area (Å²) in [5.74, 6) is -0.133. The van der Waals surface area contributed by atoms with Crippen LogP contribution in [0.4, 0.5) is 10.2 Å². The lowest BCUT2D eigenvalue weighted by Gasteiger charge is -2.06. The molecule has 4 nitrogen and oxygen atoms in total. The van der Waals surface area contributed by atoms with Gasteiger partial charge in [0.2, 0.25) is 0 Å². The lowest BCUT2D eigenvalue weighted by atomic mass is 10.2. The number of aliphatic hydroxyl groups is 1. The summed E-state index contributed by atoms with van der Waals surface area (Å²) in [7, 11) is 0. The van der Waals surface area contributed by atoms with Crippen LogP contribution >= 0.6 is 0 Å². The Morgan fingerprint density at radius 2 is 2.13 bits per heavy atom. The van der Waals surface area contributed by atoms with Gasteiger partial charge in [0.25, 0.3) is 0 Å². The maximum absolute atomic E-state index is 13.3. The Morgan fingerprint density at radius 1 is 1.33 bits per heavy atom. The van der Waals surface area contributed by atoms with Gasteiger partial charge in [-0.3, -0.25) is 0 Å². The molecule has 5 heteroatoms. The van der Waals surface area contributed by atoms with E-state index in [-0.39, 0.29) is 18.2 Å². The van der Waals surface area contributed by atoms with E-state index in [1.165, 1.54) is 6.33 Å². The van der Waals surface area contributed by atoms with Crippen molar-refractivity contribution in [2.45, 2.75) is 26.2 Å². The number of anilines is 1. The molecule has 15 heavy (non-hydrogen) atoms. The fraction of sp³-hybridized carbons (Fsp3) is 0.600. The van der Waals surface area contributed by atoms with E-state index >= 15 is 0 Å². The summed E-state index contributed by atoms with van der Waals surface area (Å²) in [5, 5.41) is 11.5. The number of nitrogens with zero attached hydrogens (tertiary/aromatic N) is 2. The van der Waals surface area contributed by atoms with Crippen LogP contribution in [0.25, 0.3) is 0 Å². The quantitative estimate of drug-likeness (QED) is 0.703. The summed E-state index contributed by atoms with van der Waals surface area (Å²) in [5.41, 5.74) is 0.350. The van der Waals surface area contributed by atoms with Gasteiger partial charge in [-0.05, 0) is 26.2 Å². The Kier molecular flexibility index (Phi) is 4.97. The number of hydrogen-bond donors (Lipinski definition) is 2. The molecule has 0 saturated carbocycles. The number of aromatic nitrogens is 2. The summed E-state index contributed by atoms with van der Waals surface area (Å²) in [6.45, 7) is 2.47. The zero-order chi connectivity index (χ0) is 11.1. The van der Waals surface area contributed by atoms with Gasteiger partial charge < -0.3 is 10.4 Å². The fourth-order valence-corrected chi connectivity index (χ4v) is 1.20. The van der Waals surface area contributed by atoms with E-state index in [1.807, 2.05) is 0 Å². The van der Waals surface area contributed by atoms with E-state index < -0.39 is 0 Å². The minimum Gasteiger partial charge on any atom is -0.396 e. The molecule has 2 N–H and O–H groups in total. The van der Waals surface area contributed by atoms with E-state index in [0.717, 1.165) is 19.3 Å². The normalized spacial score (nSPS) is 10.3. The minimum atomic E-state index is -0.389. The first-order chi connectivity index (χ1) is 7.25. The number of rotatable bonds is 6. The summed E-state index contributed by atoms with van der Waals surface area (Å²) < 4.78 is 13.3. The van der Waals surface area contributed by atoms with E-state index in [2.05, 4.69) is 15.3 Å². The Labute approximate surface area is 88.6 Å². The summed E-state index contributed by atoms with van der Waals surface area (Å²) in [6.07, 6.45) is 3.94. The monoisotopic (exact) mass is 213 g/mol. The molecule has 84 valence electrons. The van der Waals surface area contributed by atoms with Crippen molar-refractivity contribution >= 4 is 5.82 Å². The highest BCUT2D eigenvalue weighted by molar-refractivity contribution is 5.36. The molecule has 0 aliphatic heterocycles. The van der Waals surface area contributed by atoms with Crippen LogP contribution in [-0.2, 0) is 0 Å². The highest BCUT2D eigenvalue weighted by atomic mass is 19.1. The molecule has 1 aromatic rings. The van der Waals surface area contributed by atoms with Crippen molar-refractivity contribution in [3.63, 3.8) is 0 Å². The summed E-state index contributed by atoms with van der Waals surface area (Å²) in [4.78, 5) is 7.55. The van der Waals surface area contributed by atoms with Crippen LogP contribution < -0.4 is 5.32 Å². The number of hydrogen-bond acceptors (Lipinski definition) is 4. The van der Waals surface area contributed by atoms with Crippen molar-refractivity contribution in [1.29, 1.82) is 0 Å². The Hall–Kier alpha value is -1.23. The van der Waals surface area contributed by atoms with Gasteiger partial charge >= 0.3 is 0 Å². The second-order valence-electron chi connectivity index (χ2n) is 3.33. The number of halogens is 1. The molecular weight excluding hydrogens is 197 g/mol. The molecule has 0 fully saturated rings. The third-order valence-electron chi connectivity index (χ3n) is 2.09. The molecule has 0 bridgehead atoms. The smallest absolute Gasteiger partial charge is 0.186 e. The standard InChI is InChI=1S/C10H16FN3O/c1-8-9(11)10(14-7-13-8)12-5-3-2-4-6-15/h7,15H,2-6H2,1H3,(H,12,13,14). The minimum absolute atomic E-state index is 0.209. The van der Waals surface area contributed by atoms with E-state index in [4.69, 9.17) is 5.11 Å². The van der Waals surface area contributed by atoms with Gasteiger partial charge in [-0.15, -0.1) is 0 Å². The molecule has 1 aromatic heterocycles.